The summed E-state index contributed by atoms with van der Waals surface area (Å²) in [6.45, 7) is 3.98. The Morgan fingerprint density at radius 3 is 2.82 bits per heavy atom. The number of rotatable bonds is 2. The SMILES string of the molecule is CCC1CCN(C(=O)c2ccc(Br)cc2Br)C1. The van der Waals surface area contributed by atoms with E-state index in [-0.39, 0.29) is 5.91 Å². The maximum Gasteiger partial charge on any atom is 0.255 e. The third kappa shape index (κ3) is 2.91. The third-order valence-corrected chi connectivity index (χ3v) is 4.46. The maximum absolute atomic E-state index is 12.3. The highest BCUT2D eigenvalue weighted by molar-refractivity contribution is 9.11. The van der Waals surface area contributed by atoms with E-state index in [1.165, 1.54) is 0 Å². The van der Waals surface area contributed by atoms with E-state index < -0.39 is 0 Å². The molecule has 1 atom stereocenters. The molecule has 17 heavy (non-hydrogen) atoms. The van der Waals surface area contributed by atoms with Crippen LogP contribution in [0.2, 0.25) is 0 Å². The first kappa shape index (κ1) is 13.1. The van der Waals surface area contributed by atoms with Gasteiger partial charge in [-0.2, -0.15) is 0 Å². The average molecular weight is 361 g/mol. The van der Waals surface area contributed by atoms with Crippen LogP contribution in [0.25, 0.3) is 0 Å². The second kappa shape index (κ2) is 5.53. The summed E-state index contributed by atoms with van der Waals surface area (Å²) in [6, 6.07) is 5.70. The molecule has 0 saturated carbocycles. The molecule has 1 heterocycles. The highest BCUT2D eigenvalue weighted by Gasteiger charge is 2.26. The second-order valence-electron chi connectivity index (χ2n) is 4.44. The smallest absolute Gasteiger partial charge is 0.255 e. The van der Waals surface area contributed by atoms with Crippen LogP contribution in [-0.4, -0.2) is 23.9 Å². The minimum atomic E-state index is 0.139. The molecule has 1 saturated heterocycles. The predicted molar refractivity (Wildman–Crippen MR) is 76.1 cm³/mol. The lowest BCUT2D eigenvalue weighted by atomic mass is 10.1. The van der Waals surface area contributed by atoms with Gasteiger partial charge in [-0.25, -0.2) is 0 Å². The number of carbonyl (C=O) groups excluding carboxylic acids is 1. The summed E-state index contributed by atoms with van der Waals surface area (Å²) in [4.78, 5) is 14.3. The number of nitrogens with zero attached hydrogens (tertiary/aromatic N) is 1. The standard InChI is InChI=1S/C13H15Br2NO/c1-2-9-5-6-16(8-9)13(17)11-4-3-10(14)7-12(11)15/h3-4,7,9H,2,5-6,8H2,1H3. The topological polar surface area (TPSA) is 20.3 Å². The van der Waals surface area contributed by atoms with Gasteiger partial charge in [0.1, 0.15) is 0 Å². The molecule has 0 spiro atoms. The van der Waals surface area contributed by atoms with Crippen molar-refractivity contribution in [3.05, 3.63) is 32.7 Å². The van der Waals surface area contributed by atoms with E-state index in [4.69, 9.17) is 0 Å². The van der Waals surface area contributed by atoms with Gasteiger partial charge < -0.3 is 4.90 Å². The van der Waals surface area contributed by atoms with E-state index in [2.05, 4.69) is 38.8 Å². The first-order chi connectivity index (χ1) is 8.11. The summed E-state index contributed by atoms with van der Waals surface area (Å²) >= 11 is 6.84. The van der Waals surface area contributed by atoms with Gasteiger partial charge in [0.15, 0.2) is 0 Å². The molecule has 1 fully saturated rings. The predicted octanol–water partition coefficient (Wildman–Crippen LogP) is 4.08. The molecule has 1 amide bonds. The minimum Gasteiger partial charge on any atom is -0.338 e. The van der Waals surface area contributed by atoms with E-state index in [1.807, 2.05) is 23.1 Å². The number of benzene rings is 1. The van der Waals surface area contributed by atoms with Crippen molar-refractivity contribution in [2.24, 2.45) is 5.92 Å². The molecular formula is C13H15Br2NO. The molecule has 1 unspecified atom stereocenters. The number of likely N-dealkylation sites (tertiary alicyclic amines) is 1. The zero-order valence-corrected chi connectivity index (χ0v) is 12.9. The van der Waals surface area contributed by atoms with Crippen LogP contribution in [0.1, 0.15) is 30.1 Å². The molecule has 2 rings (SSSR count). The van der Waals surface area contributed by atoms with Crippen molar-refractivity contribution < 1.29 is 4.79 Å². The molecule has 0 aliphatic carbocycles. The highest BCUT2D eigenvalue weighted by atomic mass is 79.9. The molecule has 0 radical (unpaired) electrons. The average Bonchev–Trinajstić information content (AvgIpc) is 2.76. The van der Waals surface area contributed by atoms with E-state index >= 15 is 0 Å². The quantitative estimate of drug-likeness (QED) is 0.777. The molecule has 0 aromatic heterocycles. The molecule has 1 aliphatic rings. The highest BCUT2D eigenvalue weighted by Crippen LogP contribution is 2.26. The van der Waals surface area contributed by atoms with E-state index in [1.54, 1.807) is 0 Å². The first-order valence-corrected chi connectivity index (χ1v) is 7.44. The summed E-state index contributed by atoms with van der Waals surface area (Å²) in [5.41, 5.74) is 0.755. The Kier molecular flexibility index (Phi) is 4.26. The Morgan fingerprint density at radius 2 is 2.24 bits per heavy atom. The van der Waals surface area contributed by atoms with Crippen molar-refractivity contribution in [1.29, 1.82) is 0 Å². The van der Waals surface area contributed by atoms with Crippen molar-refractivity contribution in [3.8, 4) is 0 Å². The van der Waals surface area contributed by atoms with Gasteiger partial charge in [-0.05, 0) is 46.5 Å². The van der Waals surface area contributed by atoms with Crippen LogP contribution in [0.5, 0.6) is 0 Å². The number of halogens is 2. The zero-order valence-electron chi connectivity index (χ0n) is 9.75. The second-order valence-corrected chi connectivity index (χ2v) is 6.21. The van der Waals surface area contributed by atoms with Crippen molar-refractivity contribution >= 4 is 37.8 Å². The van der Waals surface area contributed by atoms with Crippen molar-refractivity contribution in [3.63, 3.8) is 0 Å². The number of hydrogen-bond acceptors (Lipinski definition) is 1. The summed E-state index contributed by atoms with van der Waals surface area (Å²) in [7, 11) is 0. The van der Waals surface area contributed by atoms with Crippen LogP contribution < -0.4 is 0 Å². The first-order valence-electron chi connectivity index (χ1n) is 5.86. The van der Waals surface area contributed by atoms with Crippen molar-refractivity contribution in [2.45, 2.75) is 19.8 Å². The maximum atomic E-state index is 12.3. The van der Waals surface area contributed by atoms with Crippen molar-refractivity contribution in [2.75, 3.05) is 13.1 Å². The van der Waals surface area contributed by atoms with Gasteiger partial charge in [0.05, 0.1) is 5.56 Å². The van der Waals surface area contributed by atoms with Crippen LogP contribution in [0.3, 0.4) is 0 Å². The van der Waals surface area contributed by atoms with E-state index in [0.29, 0.717) is 5.92 Å². The summed E-state index contributed by atoms with van der Waals surface area (Å²) < 4.78 is 1.84. The largest absolute Gasteiger partial charge is 0.338 e. The molecule has 0 N–H and O–H groups in total. The normalized spacial score (nSPS) is 19.7. The summed E-state index contributed by atoms with van der Waals surface area (Å²) in [6.07, 6.45) is 2.29. The monoisotopic (exact) mass is 359 g/mol. The van der Waals surface area contributed by atoms with Gasteiger partial charge in [0, 0.05) is 22.0 Å². The number of carbonyl (C=O) groups is 1. The summed E-state index contributed by atoms with van der Waals surface area (Å²) in [5.74, 6) is 0.813. The fourth-order valence-corrected chi connectivity index (χ4v) is 3.40. The lowest BCUT2D eigenvalue weighted by Gasteiger charge is -2.17. The molecule has 4 heteroatoms. The molecule has 1 aromatic carbocycles. The van der Waals surface area contributed by atoms with Crippen molar-refractivity contribution in [1.82, 2.24) is 4.90 Å². The van der Waals surface area contributed by atoms with Gasteiger partial charge in [-0.15, -0.1) is 0 Å². The summed E-state index contributed by atoms with van der Waals surface area (Å²) in [5, 5.41) is 0. The van der Waals surface area contributed by atoms with Gasteiger partial charge in [-0.1, -0.05) is 29.3 Å². The Hall–Kier alpha value is -0.350. The Balaban J connectivity index is 2.15. The van der Waals surface area contributed by atoms with Crippen LogP contribution in [-0.2, 0) is 0 Å². The van der Waals surface area contributed by atoms with Crippen LogP contribution in [0.15, 0.2) is 27.1 Å². The fraction of sp³-hybridized carbons (Fsp3) is 0.462. The Labute approximate surface area is 119 Å². The van der Waals surface area contributed by atoms with Crippen LogP contribution in [0, 0.1) is 5.92 Å². The third-order valence-electron chi connectivity index (χ3n) is 3.31. The van der Waals surface area contributed by atoms with Gasteiger partial charge in [0.2, 0.25) is 0 Å². The van der Waals surface area contributed by atoms with Gasteiger partial charge in [0.25, 0.3) is 5.91 Å². The van der Waals surface area contributed by atoms with E-state index in [9.17, 15) is 4.79 Å². The Bertz CT molecular complexity index is 433. The van der Waals surface area contributed by atoms with Crippen LogP contribution >= 0.6 is 31.9 Å². The molecular weight excluding hydrogens is 346 g/mol. The molecule has 2 nitrogen and oxygen atoms in total. The van der Waals surface area contributed by atoms with Gasteiger partial charge in [-0.3, -0.25) is 4.79 Å². The Morgan fingerprint density at radius 1 is 1.47 bits per heavy atom. The number of hydrogen-bond donors (Lipinski definition) is 0. The fourth-order valence-electron chi connectivity index (χ4n) is 2.18. The molecule has 92 valence electrons. The van der Waals surface area contributed by atoms with Crippen LogP contribution in [0.4, 0.5) is 0 Å². The molecule has 0 bridgehead atoms. The lowest BCUT2D eigenvalue weighted by Crippen LogP contribution is -2.28. The minimum absolute atomic E-state index is 0.139. The lowest BCUT2D eigenvalue weighted by molar-refractivity contribution is 0.0786. The molecule has 1 aromatic rings. The number of amides is 1. The molecule has 1 aliphatic heterocycles. The zero-order chi connectivity index (χ0) is 12.4. The van der Waals surface area contributed by atoms with Gasteiger partial charge >= 0.3 is 0 Å². The van der Waals surface area contributed by atoms with E-state index in [0.717, 1.165) is 40.4 Å².